The van der Waals surface area contributed by atoms with Crippen LogP contribution in [0.5, 0.6) is 0 Å². The molecule has 0 N–H and O–H groups in total. The van der Waals surface area contributed by atoms with E-state index in [4.69, 9.17) is 19.6 Å². The molecule has 0 aliphatic carbocycles. The fourth-order valence-corrected chi connectivity index (χ4v) is 1.30. The van der Waals surface area contributed by atoms with E-state index in [1.807, 2.05) is 6.92 Å². The van der Waals surface area contributed by atoms with Crippen molar-refractivity contribution >= 4 is 11.9 Å². The molecule has 124 valence electrons. The summed E-state index contributed by atoms with van der Waals surface area (Å²) in [5.74, 6) is -1.58. The predicted molar refractivity (Wildman–Crippen MR) is 76.9 cm³/mol. The summed E-state index contributed by atoms with van der Waals surface area (Å²) in [6.45, 7) is 13.7. The first kappa shape index (κ1) is 19.9. The Kier molecular flexibility index (Phi) is 6.83. The molecule has 0 atom stereocenters. The second-order valence-electron chi connectivity index (χ2n) is 7.22. The first-order valence-electron chi connectivity index (χ1n) is 7.12. The van der Waals surface area contributed by atoms with Gasteiger partial charge in [0.2, 0.25) is 0 Å². The highest BCUT2D eigenvalue weighted by Crippen LogP contribution is 2.29. The van der Waals surface area contributed by atoms with Crippen LogP contribution < -0.4 is 0 Å². The molecule has 0 aromatic heterocycles. The molecule has 21 heavy (non-hydrogen) atoms. The highest BCUT2D eigenvalue weighted by Gasteiger charge is 2.46. The minimum absolute atomic E-state index is 0.270. The Hall–Kier alpha value is -1.14. The summed E-state index contributed by atoms with van der Waals surface area (Å²) < 4.78 is 0. The molecule has 0 aliphatic rings. The molecule has 0 aromatic rings. The van der Waals surface area contributed by atoms with Gasteiger partial charge < -0.3 is 0 Å². The quantitative estimate of drug-likeness (QED) is 0.426. The Morgan fingerprint density at radius 3 is 1.33 bits per heavy atom. The SMILES string of the molecule is CCCC(C)(C(=O)OOC(C)(C)C)C(=O)OOC(C)(C)C. The Balaban J connectivity index is 4.88. The lowest BCUT2D eigenvalue weighted by atomic mass is 9.86. The molecule has 0 fully saturated rings. The smallest absolute Gasteiger partial charge is 0.297 e. The van der Waals surface area contributed by atoms with E-state index in [1.54, 1.807) is 41.5 Å². The molecule has 0 bridgehead atoms. The highest BCUT2D eigenvalue weighted by molar-refractivity contribution is 5.99. The van der Waals surface area contributed by atoms with Crippen LogP contribution in [0.15, 0.2) is 0 Å². The second-order valence-corrected chi connectivity index (χ2v) is 7.22. The van der Waals surface area contributed by atoms with Gasteiger partial charge >= 0.3 is 11.9 Å². The summed E-state index contributed by atoms with van der Waals surface area (Å²) >= 11 is 0. The monoisotopic (exact) mass is 304 g/mol. The standard InChI is InChI=1S/C15H28O6/c1-9-10-15(8,11(16)18-20-13(2,3)4)12(17)19-21-14(5,6)7/h9-10H2,1-8H3. The van der Waals surface area contributed by atoms with Crippen LogP contribution in [-0.2, 0) is 29.1 Å². The van der Waals surface area contributed by atoms with Crippen molar-refractivity contribution < 1.29 is 29.1 Å². The third-order valence-electron chi connectivity index (χ3n) is 2.39. The van der Waals surface area contributed by atoms with Crippen molar-refractivity contribution in [1.82, 2.24) is 0 Å². The van der Waals surface area contributed by atoms with Gasteiger partial charge in [0.15, 0.2) is 5.41 Å². The lowest BCUT2D eigenvalue weighted by molar-refractivity contribution is -0.339. The molecule has 0 saturated carbocycles. The van der Waals surface area contributed by atoms with Crippen molar-refractivity contribution in [2.45, 2.75) is 79.4 Å². The van der Waals surface area contributed by atoms with Gasteiger partial charge in [-0.2, -0.15) is 9.78 Å². The van der Waals surface area contributed by atoms with Crippen LogP contribution in [0.4, 0.5) is 0 Å². The molecule has 0 heterocycles. The van der Waals surface area contributed by atoms with Gasteiger partial charge in [-0.3, -0.25) is 9.78 Å². The number of carbonyl (C=O) groups is 2. The van der Waals surface area contributed by atoms with E-state index in [0.29, 0.717) is 6.42 Å². The molecule has 0 saturated heterocycles. The molecule has 0 spiro atoms. The van der Waals surface area contributed by atoms with Crippen molar-refractivity contribution in [3.05, 3.63) is 0 Å². The third kappa shape index (κ3) is 7.43. The summed E-state index contributed by atoms with van der Waals surface area (Å²) in [5.41, 5.74) is -2.78. The van der Waals surface area contributed by atoms with Crippen molar-refractivity contribution in [2.75, 3.05) is 0 Å². The van der Waals surface area contributed by atoms with Gasteiger partial charge in [0, 0.05) is 0 Å². The molecule has 0 aliphatic heterocycles. The third-order valence-corrected chi connectivity index (χ3v) is 2.39. The van der Waals surface area contributed by atoms with Crippen LogP contribution in [0.3, 0.4) is 0 Å². The van der Waals surface area contributed by atoms with Gasteiger partial charge in [-0.15, -0.1) is 0 Å². The highest BCUT2D eigenvalue weighted by atomic mass is 17.2. The van der Waals surface area contributed by atoms with Gasteiger partial charge in [0.05, 0.1) is 0 Å². The Morgan fingerprint density at radius 2 is 1.10 bits per heavy atom. The molecule has 0 amide bonds. The zero-order valence-corrected chi connectivity index (χ0v) is 14.4. The molecule has 0 aromatic carbocycles. The number of hydrogen-bond donors (Lipinski definition) is 0. The van der Waals surface area contributed by atoms with E-state index in [0.717, 1.165) is 0 Å². The van der Waals surface area contributed by atoms with Crippen LogP contribution in [0.2, 0.25) is 0 Å². The van der Waals surface area contributed by atoms with E-state index in [9.17, 15) is 9.59 Å². The number of rotatable bonds is 6. The minimum atomic E-state index is -1.47. The average Bonchev–Trinajstić information content (AvgIpc) is 2.31. The van der Waals surface area contributed by atoms with Gasteiger partial charge in [-0.05, 0) is 54.9 Å². The summed E-state index contributed by atoms with van der Waals surface area (Å²) in [4.78, 5) is 43.9. The van der Waals surface area contributed by atoms with Gasteiger partial charge in [0.1, 0.15) is 11.2 Å². The fraction of sp³-hybridized carbons (Fsp3) is 0.867. The predicted octanol–water partition coefficient (Wildman–Crippen LogP) is 3.34. The largest absolute Gasteiger partial charge is 0.359 e. The van der Waals surface area contributed by atoms with E-state index in [2.05, 4.69) is 0 Å². The normalized spacial score (nSPS) is 13.0. The second kappa shape index (κ2) is 7.22. The Bertz CT molecular complexity index is 331. The summed E-state index contributed by atoms with van der Waals surface area (Å²) in [6, 6.07) is 0. The van der Waals surface area contributed by atoms with Crippen molar-refractivity contribution in [2.24, 2.45) is 5.41 Å². The first-order valence-corrected chi connectivity index (χ1v) is 7.12. The Labute approximate surface area is 126 Å². The molecular formula is C15H28O6. The summed E-state index contributed by atoms with van der Waals surface area (Å²) in [5, 5.41) is 0. The van der Waals surface area contributed by atoms with Gasteiger partial charge in [-0.1, -0.05) is 13.3 Å². The van der Waals surface area contributed by atoms with E-state index in [-0.39, 0.29) is 6.42 Å². The maximum Gasteiger partial charge on any atom is 0.359 e. The van der Waals surface area contributed by atoms with E-state index in [1.165, 1.54) is 6.92 Å². The van der Waals surface area contributed by atoms with Crippen molar-refractivity contribution in [3.63, 3.8) is 0 Å². The summed E-state index contributed by atoms with van der Waals surface area (Å²) in [7, 11) is 0. The van der Waals surface area contributed by atoms with Gasteiger partial charge in [-0.25, -0.2) is 9.59 Å². The zero-order chi connectivity index (χ0) is 16.9. The maximum atomic E-state index is 12.2. The molecule has 0 rings (SSSR count). The lowest BCUT2D eigenvalue weighted by Crippen LogP contribution is -2.41. The van der Waals surface area contributed by atoms with Crippen molar-refractivity contribution in [3.8, 4) is 0 Å². The summed E-state index contributed by atoms with van der Waals surface area (Å²) in [6.07, 6.45) is 0.872. The molecule has 6 nitrogen and oxygen atoms in total. The van der Waals surface area contributed by atoms with Gasteiger partial charge in [0.25, 0.3) is 0 Å². The fourth-order valence-electron chi connectivity index (χ4n) is 1.30. The first-order chi connectivity index (χ1) is 9.32. The molecule has 6 heteroatoms. The van der Waals surface area contributed by atoms with E-state index < -0.39 is 28.6 Å². The van der Waals surface area contributed by atoms with Crippen LogP contribution in [0, 0.1) is 5.41 Å². The van der Waals surface area contributed by atoms with Crippen LogP contribution in [-0.4, -0.2) is 23.1 Å². The average molecular weight is 304 g/mol. The van der Waals surface area contributed by atoms with Crippen molar-refractivity contribution in [1.29, 1.82) is 0 Å². The van der Waals surface area contributed by atoms with Crippen LogP contribution >= 0.6 is 0 Å². The topological polar surface area (TPSA) is 71.1 Å². The molecule has 0 unspecified atom stereocenters. The zero-order valence-electron chi connectivity index (χ0n) is 14.4. The maximum absolute atomic E-state index is 12.2. The minimum Gasteiger partial charge on any atom is -0.297 e. The molecule has 0 radical (unpaired) electrons. The number of carbonyl (C=O) groups excluding carboxylic acids is 2. The Morgan fingerprint density at radius 1 is 0.762 bits per heavy atom. The van der Waals surface area contributed by atoms with E-state index >= 15 is 0 Å². The number of hydrogen-bond acceptors (Lipinski definition) is 6. The van der Waals surface area contributed by atoms with Crippen LogP contribution in [0.25, 0.3) is 0 Å². The van der Waals surface area contributed by atoms with Crippen LogP contribution in [0.1, 0.15) is 68.2 Å². The lowest BCUT2D eigenvalue weighted by Gasteiger charge is -2.26. The molecular weight excluding hydrogens is 276 g/mol.